The Labute approximate surface area is 134 Å². The number of guanidine groups is 1. The van der Waals surface area contributed by atoms with Crippen LogP contribution in [0.3, 0.4) is 0 Å². The van der Waals surface area contributed by atoms with Gasteiger partial charge in [0.1, 0.15) is 5.54 Å². The summed E-state index contributed by atoms with van der Waals surface area (Å²) in [6.07, 6.45) is 7.08. The van der Waals surface area contributed by atoms with Crippen LogP contribution in [0.15, 0.2) is 0 Å². The van der Waals surface area contributed by atoms with Gasteiger partial charge < -0.3 is 10.1 Å². The van der Waals surface area contributed by atoms with Gasteiger partial charge in [-0.25, -0.2) is 0 Å². The van der Waals surface area contributed by atoms with E-state index in [2.05, 4.69) is 19.2 Å². The second-order valence-electron chi connectivity index (χ2n) is 7.39. The van der Waals surface area contributed by atoms with Crippen molar-refractivity contribution in [2.24, 2.45) is 11.8 Å². The molecule has 5 heteroatoms. The molecule has 0 bridgehead atoms. The lowest BCUT2D eigenvalue weighted by atomic mass is 9.79. The van der Waals surface area contributed by atoms with Gasteiger partial charge in [0.05, 0.1) is 12.7 Å². The van der Waals surface area contributed by atoms with Gasteiger partial charge >= 0.3 is 0 Å². The zero-order valence-electron chi connectivity index (χ0n) is 14.4. The van der Waals surface area contributed by atoms with E-state index in [0.717, 1.165) is 6.42 Å². The van der Waals surface area contributed by atoms with E-state index in [9.17, 15) is 4.79 Å². The lowest BCUT2D eigenvalue weighted by Gasteiger charge is -2.34. The molecule has 1 unspecified atom stereocenters. The number of hydrogen-bond donors (Lipinski definition) is 2. The Kier molecular flexibility index (Phi) is 5.48. The van der Waals surface area contributed by atoms with Gasteiger partial charge in [0.2, 0.25) is 0 Å². The summed E-state index contributed by atoms with van der Waals surface area (Å²) in [6, 6.07) is 0. The maximum atomic E-state index is 12.7. The van der Waals surface area contributed by atoms with Gasteiger partial charge in [0, 0.05) is 7.05 Å². The Balaban J connectivity index is 2.10. The molecule has 2 rings (SSSR count). The number of amides is 1. The molecule has 1 amide bonds. The van der Waals surface area contributed by atoms with E-state index in [1.807, 2.05) is 6.92 Å². The molecule has 22 heavy (non-hydrogen) atoms. The monoisotopic (exact) mass is 309 g/mol. The van der Waals surface area contributed by atoms with Gasteiger partial charge in [-0.2, -0.15) is 0 Å². The minimum Gasteiger partial charge on any atom is -0.375 e. The summed E-state index contributed by atoms with van der Waals surface area (Å²) < 4.78 is 5.99. The van der Waals surface area contributed by atoms with Gasteiger partial charge in [0.25, 0.3) is 5.91 Å². The fourth-order valence-electron chi connectivity index (χ4n) is 3.43. The fraction of sp³-hybridized carbons (Fsp3) is 0.882. The molecule has 2 N–H and O–H groups in total. The molecule has 0 radical (unpaired) electrons. The second-order valence-corrected chi connectivity index (χ2v) is 7.39. The van der Waals surface area contributed by atoms with E-state index in [1.54, 1.807) is 7.05 Å². The van der Waals surface area contributed by atoms with Gasteiger partial charge in [-0.05, 0) is 25.2 Å². The molecule has 5 nitrogen and oxygen atoms in total. The quantitative estimate of drug-likeness (QED) is 0.793. The van der Waals surface area contributed by atoms with E-state index in [0.29, 0.717) is 18.4 Å². The molecule has 1 aliphatic heterocycles. The average Bonchev–Trinajstić information content (AvgIpc) is 2.70. The largest absolute Gasteiger partial charge is 0.375 e. The minimum atomic E-state index is -0.739. The third-order valence-corrected chi connectivity index (χ3v) is 5.30. The lowest BCUT2D eigenvalue weighted by molar-refractivity contribution is -0.134. The van der Waals surface area contributed by atoms with E-state index < -0.39 is 5.54 Å². The number of carbonyl (C=O) groups excluding carboxylic acids is 1. The minimum absolute atomic E-state index is 0.0148. The smallest absolute Gasteiger partial charge is 0.257 e. The van der Waals surface area contributed by atoms with Crippen molar-refractivity contribution in [3.05, 3.63) is 0 Å². The van der Waals surface area contributed by atoms with Crippen molar-refractivity contribution in [2.45, 2.75) is 70.9 Å². The van der Waals surface area contributed by atoms with Crippen LogP contribution in [0.5, 0.6) is 0 Å². The molecule has 2 aliphatic rings. The molecular weight excluding hydrogens is 278 g/mol. The van der Waals surface area contributed by atoms with Gasteiger partial charge in [-0.1, -0.05) is 46.0 Å². The molecule has 0 aromatic heterocycles. The lowest BCUT2D eigenvalue weighted by Crippen LogP contribution is -2.53. The van der Waals surface area contributed by atoms with Gasteiger partial charge in [-0.3, -0.25) is 15.1 Å². The summed E-state index contributed by atoms with van der Waals surface area (Å²) in [4.78, 5) is 14.2. The number of carbonyl (C=O) groups is 1. The van der Waals surface area contributed by atoms with Crippen LogP contribution in [0.1, 0.15) is 59.3 Å². The number of likely N-dealkylation sites (N-methyl/N-ethyl adjacent to an activating group) is 1. The molecule has 126 valence electrons. The molecule has 0 spiro atoms. The molecule has 2 atom stereocenters. The maximum Gasteiger partial charge on any atom is 0.257 e. The molecule has 1 saturated heterocycles. The number of nitrogens with one attached hydrogen (secondary N) is 2. The number of hydrogen-bond acceptors (Lipinski definition) is 3. The zero-order chi connectivity index (χ0) is 16.3. The van der Waals surface area contributed by atoms with Crippen LogP contribution < -0.4 is 5.32 Å². The molecule has 1 aliphatic carbocycles. The normalized spacial score (nSPS) is 28.3. The van der Waals surface area contributed by atoms with Crippen LogP contribution in [-0.2, 0) is 9.53 Å². The van der Waals surface area contributed by atoms with Crippen LogP contribution in [-0.4, -0.2) is 42.1 Å². The highest BCUT2D eigenvalue weighted by Gasteiger charge is 2.49. The summed E-state index contributed by atoms with van der Waals surface area (Å²) >= 11 is 0. The van der Waals surface area contributed by atoms with Crippen molar-refractivity contribution >= 4 is 11.9 Å². The first-order valence-electron chi connectivity index (χ1n) is 8.62. The van der Waals surface area contributed by atoms with Gasteiger partial charge in [-0.15, -0.1) is 0 Å². The number of ether oxygens (including phenoxy) is 1. The third-order valence-electron chi connectivity index (χ3n) is 5.30. The van der Waals surface area contributed by atoms with Crippen molar-refractivity contribution in [2.75, 3.05) is 13.7 Å². The van der Waals surface area contributed by atoms with E-state index in [4.69, 9.17) is 10.1 Å². The van der Waals surface area contributed by atoms with Crippen LogP contribution in [0.2, 0.25) is 0 Å². The van der Waals surface area contributed by atoms with E-state index >= 15 is 0 Å². The van der Waals surface area contributed by atoms with E-state index in [-0.39, 0.29) is 18.0 Å². The predicted octanol–water partition coefficient (Wildman–Crippen LogP) is 2.75. The van der Waals surface area contributed by atoms with Crippen molar-refractivity contribution in [3.63, 3.8) is 0 Å². The van der Waals surface area contributed by atoms with Crippen molar-refractivity contribution in [1.82, 2.24) is 10.2 Å². The highest BCUT2D eigenvalue weighted by molar-refractivity contribution is 6.07. The summed E-state index contributed by atoms with van der Waals surface area (Å²) in [5, 5.41) is 11.1. The van der Waals surface area contributed by atoms with E-state index in [1.165, 1.54) is 37.0 Å². The maximum absolute atomic E-state index is 12.7. The predicted molar refractivity (Wildman–Crippen MR) is 87.8 cm³/mol. The highest BCUT2D eigenvalue weighted by Crippen LogP contribution is 2.34. The summed E-state index contributed by atoms with van der Waals surface area (Å²) in [7, 11) is 1.67. The van der Waals surface area contributed by atoms with Crippen LogP contribution in [0, 0.1) is 17.2 Å². The molecule has 1 saturated carbocycles. The SMILES string of the molecule is CC(C)[C@H](C)OCC1(CC2CCCCC2)NC(=N)N(C)C1=O. The Hall–Kier alpha value is -1.10. The Bertz CT molecular complexity index is 418. The first-order valence-corrected chi connectivity index (χ1v) is 8.62. The average molecular weight is 309 g/mol. The molecule has 2 fully saturated rings. The first kappa shape index (κ1) is 17.3. The second kappa shape index (κ2) is 6.99. The van der Waals surface area contributed by atoms with Gasteiger partial charge in [0.15, 0.2) is 5.96 Å². The van der Waals surface area contributed by atoms with Crippen LogP contribution in [0.25, 0.3) is 0 Å². The van der Waals surface area contributed by atoms with Crippen molar-refractivity contribution in [1.29, 1.82) is 5.41 Å². The summed E-state index contributed by atoms with van der Waals surface area (Å²) in [5.41, 5.74) is -0.739. The standard InChI is InChI=1S/C17H31N3O2/c1-12(2)13(3)22-11-17(10-14-8-6-5-7-9-14)15(21)20(4)16(18)19-17/h12-14H,5-11H2,1-4H3,(H2,18,19)/t13-,17?/m0/s1. The first-order chi connectivity index (χ1) is 10.4. The number of nitrogens with zero attached hydrogens (tertiary/aromatic N) is 1. The van der Waals surface area contributed by atoms with Crippen molar-refractivity contribution < 1.29 is 9.53 Å². The third kappa shape index (κ3) is 3.62. The highest BCUT2D eigenvalue weighted by atomic mass is 16.5. The Morgan fingerprint density at radius 3 is 2.45 bits per heavy atom. The molecule has 0 aromatic rings. The topological polar surface area (TPSA) is 65.4 Å². The Morgan fingerprint density at radius 1 is 1.32 bits per heavy atom. The summed E-state index contributed by atoms with van der Waals surface area (Å²) in [6.45, 7) is 6.65. The molecule has 1 heterocycles. The molecule has 0 aromatic carbocycles. The van der Waals surface area contributed by atoms with Crippen LogP contribution in [0.4, 0.5) is 0 Å². The fourth-order valence-corrected chi connectivity index (χ4v) is 3.43. The zero-order valence-corrected chi connectivity index (χ0v) is 14.4. The van der Waals surface area contributed by atoms with Crippen molar-refractivity contribution in [3.8, 4) is 0 Å². The van der Waals surface area contributed by atoms with Crippen LogP contribution >= 0.6 is 0 Å². The summed E-state index contributed by atoms with van der Waals surface area (Å²) in [5.74, 6) is 1.16. The Morgan fingerprint density at radius 2 is 1.95 bits per heavy atom. The number of rotatable bonds is 6. The molecular formula is C17H31N3O2.